The minimum absolute atomic E-state index is 0.151. The van der Waals surface area contributed by atoms with E-state index in [1.165, 1.54) is 16.7 Å². The molecule has 4 heteroatoms. The summed E-state index contributed by atoms with van der Waals surface area (Å²) in [4.78, 5) is 2.35. The van der Waals surface area contributed by atoms with E-state index in [-0.39, 0.29) is 6.04 Å². The summed E-state index contributed by atoms with van der Waals surface area (Å²) in [6.45, 7) is 6.12. The molecule has 0 saturated carbocycles. The Morgan fingerprint density at radius 1 is 0.920 bits per heavy atom. The zero-order valence-electron chi connectivity index (χ0n) is 15.6. The van der Waals surface area contributed by atoms with Crippen molar-refractivity contribution in [2.24, 2.45) is 5.73 Å². The number of aryl methyl sites for hydroxylation is 2. The van der Waals surface area contributed by atoms with E-state index in [0.29, 0.717) is 5.92 Å². The van der Waals surface area contributed by atoms with Gasteiger partial charge in [0.1, 0.15) is 11.5 Å². The first-order valence-electron chi connectivity index (χ1n) is 8.81. The van der Waals surface area contributed by atoms with Crippen molar-refractivity contribution in [3.05, 3.63) is 53.1 Å². The van der Waals surface area contributed by atoms with Gasteiger partial charge in [0.15, 0.2) is 0 Å². The molecule has 2 aromatic carbocycles. The van der Waals surface area contributed by atoms with Crippen molar-refractivity contribution in [3.63, 3.8) is 0 Å². The summed E-state index contributed by atoms with van der Waals surface area (Å²) in [5.41, 5.74) is 11.5. The SMILES string of the molecule is COc1cc(OC)cc(N2CC(N)CC(c3ccc(C)c(C)c3)C2)c1. The second-order valence-corrected chi connectivity index (χ2v) is 7.01. The molecule has 2 N–H and O–H groups in total. The van der Waals surface area contributed by atoms with Crippen LogP contribution >= 0.6 is 0 Å². The summed E-state index contributed by atoms with van der Waals surface area (Å²) in [6.07, 6.45) is 1.01. The van der Waals surface area contributed by atoms with E-state index >= 15 is 0 Å². The highest BCUT2D eigenvalue weighted by Crippen LogP contribution is 2.34. The van der Waals surface area contributed by atoms with Crippen LogP contribution in [0.1, 0.15) is 29.0 Å². The lowest BCUT2D eigenvalue weighted by Gasteiger charge is -2.38. The monoisotopic (exact) mass is 340 g/mol. The summed E-state index contributed by atoms with van der Waals surface area (Å²) >= 11 is 0. The summed E-state index contributed by atoms with van der Waals surface area (Å²) in [6, 6.07) is 12.9. The van der Waals surface area contributed by atoms with Gasteiger partial charge in [0, 0.05) is 48.9 Å². The normalized spacial score (nSPS) is 20.4. The molecule has 1 saturated heterocycles. The van der Waals surface area contributed by atoms with Gasteiger partial charge in [-0.25, -0.2) is 0 Å². The van der Waals surface area contributed by atoms with Gasteiger partial charge in [-0.1, -0.05) is 18.2 Å². The van der Waals surface area contributed by atoms with Crippen LogP contribution in [0.4, 0.5) is 5.69 Å². The molecule has 0 aromatic heterocycles. The molecule has 1 fully saturated rings. The van der Waals surface area contributed by atoms with Crippen molar-refractivity contribution in [1.82, 2.24) is 0 Å². The Morgan fingerprint density at radius 3 is 2.20 bits per heavy atom. The van der Waals surface area contributed by atoms with Crippen molar-refractivity contribution in [2.45, 2.75) is 32.2 Å². The molecule has 0 radical (unpaired) electrons. The van der Waals surface area contributed by atoms with E-state index in [9.17, 15) is 0 Å². The molecule has 0 bridgehead atoms. The van der Waals surface area contributed by atoms with Crippen LogP contribution in [0.2, 0.25) is 0 Å². The number of methoxy groups -OCH3 is 2. The lowest BCUT2D eigenvalue weighted by Crippen LogP contribution is -2.46. The summed E-state index contributed by atoms with van der Waals surface area (Å²) < 4.78 is 10.8. The van der Waals surface area contributed by atoms with E-state index in [0.717, 1.165) is 36.7 Å². The van der Waals surface area contributed by atoms with E-state index in [1.54, 1.807) is 14.2 Å². The summed E-state index contributed by atoms with van der Waals surface area (Å²) in [5, 5.41) is 0. The molecule has 2 unspecified atom stereocenters. The minimum Gasteiger partial charge on any atom is -0.497 e. The van der Waals surface area contributed by atoms with Gasteiger partial charge in [-0.05, 0) is 37.0 Å². The average molecular weight is 340 g/mol. The number of ether oxygens (including phenoxy) is 2. The molecule has 0 amide bonds. The van der Waals surface area contributed by atoms with E-state index < -0.39 is 0 Å². The topological polar surface area (TPSA) is 47.7 Å². The first kappa shape index (κ1) is 17.6. The van der Waals surface area contributed by atoms with Crippen molar-refractivity contribution < 1.29 is 9.47 Å². The van der Waals surface area contributed by atoms with Crippen LogP contribution in [-0.4, -0.2) is 33.4 Å². The molecule has 0 spiro atoms. The lowest BCUT2D eigenvalue weighted by molar-refractivity contribution is 0.393. The van der Waals surface area contributed by atoms with Gasteiger partial charge in [0.2, 0.25) is 0 Å². The Hall–Kier alpha value is -2.20. The van der Waals surface area contributed by atoms with Gasteiger partial charge in [-0.2, -0.15) is 0 Å². The molecule has 25 heavy (non-hydrogen) atoms. The van der Waals surface area contributed by atoms with E-state index in [2.05, 4.69) is 49.1 Å². The number of hydrogen-bond donors (Lipinski definition) is 1. The highest BCUT2D eigenvalue weighted by molar-refractivity contribution is 5.56. The number of rotatable bonds is 4. The summed E-state index contributed by atoms with van der Waals surface area (Å²) in [5.74, 6) is 2.03. The van der Waals surface area contributed by atoms with Crippen LogP contribution < -0.4 is 20.1 Å². The first-order chi connectivity index (χ1) is 12.0. The number of hydrogen-bond acceptors (Lipinski definition) is 4. The van der Waals surface area contributed by atoms with Gasteiger partial charge in [-0.3, -0.25) is 0 Å². The molecule has 3 rings (SSSR count). The Morgan fingerprint density at radius 2 is 1.60 bits per heavy atom. The lowest BCUT2D eigenvalue weighted by atomic mass is 9.87. The van der Waals surface area contributed by atoms with Gasteiger partial charge >= 0.3 is 0 Å². The maximum absolute atomic E-state index is 6.40. The molecule has 0 aliphatic carbocycles. The molecule has 2 atom stereocenters. The molecular formula is C21H28N2O2. The fraction of sp³-hybridized carbons (Fsp3) is 0.429. The Balaban J connectivity index is 1.89. The first-order valence-corrected chi connectivity index (χ1v) is 8.81. The molecular weight excluding hydrogens is 312 g/mol. The number of piperidine rings is 1. The maximum atomic E-state index is 6.40. The highest BCUT2D eigenvalue weighted by Gasteiger charge is 2.27. The molecule has 4 nitrogen and oxygen atoms in total. The Labute approximate surface area is 150 Å². The zero-order chi connectivity index (χ0) is 18.0. The second kappa shape index (κ2) is 7.36. The van der Waals surface area contributed by atoms with Crippen molar-refractivity contribution >= 4 is 5.69 Å². The number of nitrogens with two attached hydrogens (primary N) is 1. The predicted octanol–water partition coefficient (Wildman–Crippen LogP) is 3.64. The Kier molecular flexibility index (Phi) is 5.19. The Bertz CT molecular complexity index is 722. The van der Waals surface area contributed by atoms with Crippen LogP contribution in [0.15, 0.2) is 36.4 Å². The number of nitrogens with zero attached hydrogens (tertiary/aromatic N) is 1. The molecule has 1 aliphatic heterocycles. The largest absolute Gasteiger partial charge is 0.497 e. The van der Waals surface area contributed by atoms with Crippen molar-refractivity contribution in [3.8, 4) is 11.5 Å². The van der Waals surface area contributed by atoms with Crippen LogP contribution in [0.3, 0.4) is 0 Å². The minimum atomic E-state index is 0.151. The smallest absolute Gasteiger partial charge is 0.124 e. The van der Waals surface area contributed by atoms with E-state index in [4.69, 9.17) is 15.2 Å². The summed E-state index contributed by atoms with van der Waals surface area (Å²) in [7, 11) is 3.36. The van der Waals surface area contributed by atoms with E-state index in [1.807, 2.05) is 6.07 Å². The fourth-order valence-electron chi connectivity index (χ4n) is 3.58. The van der Waals surface area contributed by atoms with Gasteiger partial charge in [-0.15, -0.1) is 0 Å². The highest BCUT2D eigenvalue weighted by atomic mass is 16.5. The third-order valence-corrected chi connectivity index (χ3v) is 5.19. The van der Waals surface area contributed by atoms with Crippen LogP contribution in [0.25, 0.3) is 0 Å². The third-order valence-electron chi connectivity index (χ3n) is 5.19. The van der Waals surface area contributed by atoms with Crippen LogP contribution in [0, 0.1) is 13.8 Å². The third kappa shape index (κ3) is 3.90. The second-order valence-electron chi connectivity index (χ2n) is 7.01. The number of anilines is 1. The standard InChI is InChI=1S/C21H28N2O2/c1-14-5-6-16(7-15(14)2)17-8-18(22)13-23(12-17)19-9-20(24-3)11-21(10-19)25-4/h5-7,9-11,17-18H,8,12-13,22H2,1-4H3. The maximum Gasteiger partial charge on any atom is 0.124 e. The molecule has 134 valence electrons. The van der Waals surface area contributed by atoms with Gasteiger partial charge in [0.05, 0.1) is 14.2 Å². The van der Waals surface area contributed by atoms with Gasteiger partial charge in [0.25, 0.3) is 0 Å². The predicted molar refractivity (Wildman–Crippen MR) is 103 cm³/mol. The molecule has 1 aliphatic rings. The van der Waals surface area contributed by atoms with Crippen molar-refractivity contribution in [2.75, 3.05) is 32.2 Å². The van der Waals surface area contributed by atoms with Crippen LogP contribution in [0.5, 0.6) is 11.5 Å². The zero-order valence-corrected chi connectivity index (χ0v) is 15.6. The van der Waals surface area contributed by atoms with Gasteiger partial charge < -0.3 is 20.1 Å². The van der Waals surface area contributed by atoms with Crippen molar-refractivity contribution in [1.29, 1.82) is 0 Å². The van der Waals surface area contributed by atoms with Crippen LogP contribution in [-0.2, 0) is 0 Å². The molecule has 2 aromatic rings. The molecule has 1 heterocycles. The number of benzene rings is 2. The quantitative estimate of drug-likeness (QED) is 0.923. The average Bonchev–Trinajstić information content (AvgIpc) is 2.63. The fourth-order valence-corrected chi connectivity index (χ4v) is 3.58.